The standard InChI is InChI=1S/C15H13BrN2O3/c16-12-7-14-13(20-1-2-21-14)6-11(12)15(19)8-3-9(17)5-10(18)4-8/h3-7H,1-2,17-18H2. The average molecular weight is 349 g/mol. The summed E-state index contributed by atoms with van der Waals surface area (Å²) in [5.74, 6) is 0.999. The van der Waals surface area contributed by atoms with Gasteiger partial charge in [-0.25, -0.2) is 0 Å². The zero-order valence-corrected chi connectivity index (χ0v) is 12.6. The molecule has 0 aliphatic carbocycles. The van der Waals surface area contributed by atoms with E-state index in [0.29, 0.717) is 51.7 Å². The van der Waals surface area contributed by atoms with Crippen LogP contribution in [-0.2, 0) is 0 Å². The fourth-order valence-corrected chi connectivity index (χ4v) is 2.70. The van der Waals surface area contributed by atoms with Gasteiger partial charge in [-0.3, -0.25) is 4.79 Å². The van der Waals surface area contributed by atoms with Crippen molar-refractivity contribution in [3.8, 4) is 11.5 Å². The molecule has 0 spiro atoms. The van der Waals surface area contributed by atoms with Crippen molar-refractivity contribution in [2.24, 2.45) is 0 Å². The van der Waals surface area contributed by atoms with Crippen LogP contribution >= 0.6 is 15.9 Å². The monoisotopic (exact) mass is 348 g/mol. The van der Waals surface area contributed by atoms with E-state index in [2.05, 4.69) is 15.9 Å². The zero-order chi connectivity index (χ0) is 15.0. The molecule has 0 unspecified atom stereocenters. The third-order valence-corrected chi connectivity index (χ3v) is 3.77. The van der Waals surface area contributed by atoms with Crippen LogP contribution < -0.4 is 20.9 Å². The minimum absolute atomic E-state index is 0.183. The van der Waals surface area contributed by atoms with Crippen LogP contribution in [0, 0.1) is 0 Å². The molecule has 2 aromatic rings. The van der Waals surface area contributed by atoms with Crippen molar-refractivity contribution in [2.75, 3.05) is 24.7 Å². The van der Waals surface area contributed by atoms with Crippen LogP contribution in [0.3, 0.4) is 0 Å². The lowest BCUT2D eigenvalue weighted by molar-refractivity contribution is 0.103. The second-order valence-corrected chi connectivity index (χ2v) is 5.55. The summed E-state index contributed by atoms with van der Waals surface area (Å²) in [7, 11) is 0. The van der Waals surface area contributed by atoms with Gasteiger partial charge in [-0.15, -0.1) is 0 Å². The van der Waals surface area contributed by atoms with Gasteiger partial charge in [0.15, 0.2) is 17.3 Å². The molecule has 6 heteroatoms. The fourth-order valence-electron chi connectivity index (χ4n) is 2.20. The quantitative estimate of drug-likeness (QED) is 0.643. The van der Waals surface area contributed by atoms with E-state index in [1.165, 1.54) is 0 Å². The number of halogens is 1. The van der Waals surface area contributed by atoms with Crippen LogP contribution in [-0.4, -0.2) is 19.0 Å². The van der Waals surface area contributed by atoms with E-state index in [-0.39, 0.29) is 5.78 Å². The number of nitrogens with two attached hydrogens (primary N) is 2. The number of ether oxygens (including phenoxy) is 2. The Kier molecular flexibility index (Phi) is 3.47. The second kappa shape index (κ2) is 5.29. The number of hydrogen-bond acceptors (Lipinski definition) is 5. The first-order valence-electron chi connectivity index (χ1n) is 6.34. The van der Waals surface area contributed by atoms with E-state index in [1.807, 2.05) is 0 Å². The number of carbonyl (C=O) groups excluding carboxylic acids is 1. The number of fused-ring (bicyclic) bond motifs is 1. The van der Waals surface area contributed by atoms with Gasteiger partial charge >= 0.3 is 0 Å². The highest BCUT2D eigenvalue weighted by Crippen LogP contribution is 2.36. The molecular formula is C15H13BrN2O3. The molecule has 1 aliphatic rings. The highest BCUT2D eigenvalue weighted by atomic mass is 79.9. The predicted molar refractivity (Wildman–Crippen MR) is 83.8 cm³/mol. The maximum Gasteiger partial charge on any atom is 0.194 e. The molecule has 0 atom stereocenters. The Morgan fingerprint density at radius 1 is 0.952 bits per heavy atom. The van der Waals surface area contributed by atoms with Gasteiger partial charge in [0, 0.05) is 27.0 Å². The normalized spacial score (nSPS) is 13.0. The number of nitrogen functional groups attached to an aromatic ring is 2. The summed E-state index contributed by atoms with van der Waals surface area (Å²) in [5.41, 5.74) is 13.3. The van der Waals surface area contributed by atoms with Crippen LogP contribution in [0.1, 0.15) is 15.9 Å². The molecule has 108 valence electrons. The van der Waals surface area contributed by atoms with Crippen molar-refractivity contribution in [1.29, 1.82) is 0 Å². The molecule has 21 heavy (non-hydrogen) atoms. The summed E-state index contributed by atoms with van der Waals surface area (Å²) >= 11 is 3.39. The molecule has 1 heterocycles. The molecule has 0 saturated carbocycles. The first kappa shape index (κ1) is 13.8. The Morgan fingerprint density at radius 2 is 1.52 bits per heavy atom. The molecule has 2 aromatic carbocycles. The van der Waals surface area contributed by atoms with E-state index in [1.54, 1.807) is 30.3 Å². The fraction of sp³-hybridized carbons (Fsp3) is 0.133. The highest BCUT2D eigenvalue weighted by Gasteiger charge is 2.20. The van der Waals surface area contributed by atoms with E-state index in [4.69, 9.17) is 20.9 Å². The topological polar surface area (TPSA) is 87.6 Å². The Labute approximate surface area is 130 Å². The number of rotatable bonds is 2. The van der Waals surface area contributed by atoms with E-state index in [0.717, 1.165) is 0 Å². The minimum atomic E-state index is -0.183. The summed E-state index contributed by atoms with van der Waals surface area (Å²) in [6.45, 7) is 0.964. The van der Waals surface area contributed by atoms with Gasteiger partial charge in [-0.05, 0) is 46.3 Å². The third kappa shape index (κ3) is 2.67. The molecule has 0 aromatic heterocycles. The van der Waals surface area contributed by atoms with Gasteiger partial charge in [0.25, 0.3) is 0 Å². The molecule has 0 amide bonds. The molecule has 0 fully saturated rings. The number of carbonyl (C=O) groups is 1. The van der Waals surface area contributed by atoms with Crippen molar-refractivity contribution >= 4 is 33.1 Å². The Morgan fingerprint density at radius 3 is 2.14 bits per heavy atom. The highest BCUT2D eigenvalue weighted by molar-refractivity contribution is 9.10. The smallest absolute Gasteiger partial charge is 0.194 e. The van der Waals surface area contributed by atoms with E-state index < -0.39 is 0 Å². The largest absolute Gasteiger partial charge is 0.486 e. The maximum absolute atomic E-state index is 12.6. The molecule has 4 N–H and O–H groups in total. The number of anilines is 2. The van der Waals surface area contributed by atoms with Crippen LogP contribution in [0.15, 0.2) is 34.8 Å². The lowest BCUT2D eigenvalue weighted by Crippen LogP contribution is -2.16. The Bertz CT molecular complexity index is 711. The molecule has 5 nitrogen and oxygen atoms in total. The van der Waals surface area contributed by atoms with Gasteiger partial charge in [-0.2, -0.15) is 0 Å². The SMILES string of the molecule is Nc1cc(N)cc(C(=O)c2cc3c(cc2Br)OCCO3)c1. The lowest BCUT2D eigenvalue weighted by Gasteiger charge is -2.19. The van der Waals surface area contributed by atoms with Crippen LogP contribution in [0.5, 0.6) is 11.5 Å². The van der Waals surface area contributed by atoms with Gasteiger partial charge in [-0.1, -0.05) is 0 Å². The molecule has 3 rings (SSSR count). The maximum atomic E-state index is 12.6. The van der Waals surface area contributed by atoms with Crippen LogP contribution in [0.25, 0.3) is 0 Å². The minimum Gasteiger partial charge on any atom is -0.486 e. The molecule has 0 radical (unpaired) electrons. The van der Waals surface area contributed by atoms with Gasteiger partial charge in [0.1, 0.15) is 13.2 Å². The molecule has 0 saturated heterocycles. The van der Waals surface area contributed by atoms with Crippen molar-refractivity contribution in [3.63, 3.8) is 0 Å². The number of hydrogen-bond donors (Lipinski definition) is 2. The summed E-state index contributed by atoms with van der Waals surface area (Å²) in [4.78, 5) is 12.6. The number of ketones is 1. The van der Waals surface area contributed by atoms with E-state index >= 15 is 0 Å². The van der Waals surface area contributed by atoms with Crippen molar-refractivity contribution in [3.05, 3.63) is 45.9 Å². The summed E-state index contributed by atoms with van der Waals surface area (Å²) in [6, 6.07) is 8.21. The Balaban J connectivity index is 2.05. The first-order valence-corrected chi connectivity index (χ1v) is 7.14. The predicted octanol–water partition coefficient (Wildman–Crippen LogP) is 2.62. The van der Waals surface area contributed by atoms with Crippen LogP contribution in [0.2, 0.25) is 0 Å². The average Bonchev–Trinajstić information content (AvgIpc) is 2.44. The third-order valence-electron chi connectivity index (χ3n) is 3.12. The van der Waals surface area contributed by atoms with Crippen molar-refractivity contribution in [2.45, 2.75) is 0 Å². The lowest BCUT2D eigenvalue weighted by atomic mass is 10.0. The van der Waals surface area contributed by atoms with Crippen LogP contribution in [0.4, 0.5) is 11.4 Å². The van der Waals surface area contributed by atoms with Gasteiger partial charge in [0.2, 0.25) is 0 Å². The van der Waals surface area contributed by atoms with Gasteiger partial charge in [0.05, 0.1) is 0 Å². The first-order chi connectivity index (χ1) is 10.0. The molecule has 0 bridgehead atoms. The Hall–Kier alpha value is -2.21. The van der Waals surface area contributed by atoms with Crippen molar-refractivity contribution in [1.82, 2.24) is 0 Å². The second-order valence-electron chi connectivity index (χ2n) is 4.69. The van der Waals surface area contributed by atoms with Gasteiger partial charge < -0.3 is 20.9 Å². The molecule has 1 aliphatic heterocycles. The summed E-state index contributed by atoms with van der Waals surface area (Å²) in [5, 5.41) is 0. The zero-order valence-electron chi connectivity index (χ0n) is 11.1. The molecular weight excluding hydrogens is 336 g/mol. The summed E-state index contributed by atoms with van der Waals surface area (Å²) in [6.07, 6.45) is 0. The van der Waals surface area contributed by atoms with Crippen molar-refractivity contribution < 1.29 is 14.3 Å². The summed E-state index contributed by atoms with van der Waals surface area (Å²) < 4.78 is 11.6. The number of benzene rings is 2. The van der Waals surface area contributed by atoms with E-state index in [9.17, 15) is 4.79 Å².